The Balaban J connectivity index is 4.16. The van der Waals surface area contributed by atoms with Crippen LogP contribution in [0.5, 0.6) is 0 Å². The van der Waals surface area contributed by atoms with Gasteiger partial charge < -0.3 is 15.3 Å². The first-order chi connectivity index (χ1) is 9.01. The largest absolute Gasteiger partial charge is 0.481 e. The van der Waals surface area contributed by atoms with Crippen LogP contribution in [-0.2, 0) is 4.79 Å². The molecule has 1 unspecified atom stereocenters. The normalized spacial score (nSPS) is 11.9. The van der Waals surface area contributed by atoms with Crippen LogP contribution in [-0.4, -0.2) is 41.1 Å². The Bertz CT molecular complexity index is 261. The van der Waals surface area contributed by atoms with Gasteiger partial charge in [-0.3, -0.25) is 4.79 Å². The van der Waals surface area contributed by atoms with Gasteiger partial charge in [-0.05, 0) is 26.2 Å². The maximum Gasteiger partial charge on any atom is 0.317 e. The van der Waals surface area contributed by atoms with Gasteiger partial charge in [-0.1, -0.05) is 26.7 Å². The Morgan fingerprint density at radius 2 is 1.68 bits per heavy atom. The number of carbonyl (C=O) groups excluding carboxylic acids is 1. The first-order valence-corrected chi connectivity index (χ1v) is 7.28. The van der Waals surface area contributed by atoms with Gasteiger partial charge in [-0.15, -0.1) is 0 Å². The number of aliphatic carboxylic acids is 1. The van der Waals surface area contributed by atoms with Crippen molar-refractivity contribution in [3.63, 3.8) is 0 Å². The average molecular weight is 272 g/mol. The molecule has 0 aliphatic rings. The quantitative estimate of drug-likeness (QED) is 0.642. The van der Waals surface area contributed by atoms with E-state index < -0.39 is 5.97 Å². The van der Waals surface area contributed by atoms with E-state index >= 15 is 0 Å². The van der Waals surface area contributed by atoms with Gasteiger partial charge in [0.25, 0.3) is 0 Å². The molecule has 5 heteroatoms. The van der Waals surface area contributed by atoms with Gasteiger partial charge in [0.2, 0.25) is 0 Å². The van der Waals surface area contributed by atoms with Crippen molar-refractivity contribution in [1.82, 2.24) is 10.2 Å². The van der Waals surface area contributed by atoms with Crippen LogP contribution < -0.4 is 5.32 Å². The molecule has 112 valence electrons. The molecule has 0 aromatic carbocycles. The molecule has 0 aliphatic carbocycles. The van der Waals surface area contributed by atoms with Crippen LogP contribution in [0.25, 0.3) is 0 Å². The highest BCUT2D eigenvalue weighted by molar-refractivity contribution is 5.74. The Hall–Kier alpha value is -1.26. The number of amides is 2. The molecular formula is C14H28N2O3. The van der Waals surface area contributed by atoms with Crippen molar-refractivity contribution in [3.8, 4) is 0 Å². The van der Waals surface area contributed by atoms with Crippen molar-refractivity contribution in [2.45, 2.75) is 65.3 Å². The molecule has 0 spiro atoms. The highest BCUT2D eigenvalue weighted by Gasteiger charge is 2.15. The van der Waals surface area contributed by atoms with Crippen molar-refractivity contribution in [1.29, 1.82) is 0 Å². The number of carboxylic acid groups (broad SMARTS) is 1. The number of hydrogen-bond donors (Lipinski definition) is 2. The van der Waals surface area contributed by atoms with Crippen LogP contribution in [0, 0.1) is 0 Å². The van der Waals surface area contributed by atoms with Crippen molar-refractivity contribution in [2.75, 3.05) is 13.1 Å². The fourth-order valence-corrected chi connectivity index (χ4v) is 1.73. The first-order valence-electron chi connectivity index (χ1n) is 7.28. The molecule has 0 aromatic rings. The molecular weight excluding hydrogens is 244 g/mol. The van der Waals surface area contributed by atoms with Crippen molar-refractivity contribution in [3.05, 3.63) is 0 Å². The number of urea groups is 1. The highest BCUT2D eigenvalue weighted by Crippen LogP contribution is 2.02. The molecule has 0 saturated carbocycles. The summed E-state index contributed by atoms with van der Waals surface area (Å²) in [5.74, 6) is -0.824. The second kappa shape index (κ2) is 10.6. The lowest BCUT2D eigenvalue weighted by molar-refractivity contribution is -0.137. The topological polar surface area (TPSA) is 69.6 Å². The summed E-state index contributed by atoms with van der Waals surface area (Å²) in [5, 5.41) is 11.5. The molecule has 0 rings (SSSR count). The number of unbranched alkanes of at least 4 members (excludes halogenated alkanes) is 2. The third kappa shape index (κ3) is 9.33. The van der Waals surface area contributed by atoms with E-state index in [1.165, 1.54) is 0 Å². The Morgan fingerprint density at radius 1 is 1.16 bits per heavy atom. The van der Waals surface area contributed by atoms with E-state index in [9.17, 15) is 9.59 Å². The summed E-state index contributed by atoms with van der Waals surface area (Å²) >= 11 is 0. The molecule has 0 aliphatic heterocycles. The molecule has 2 amide bonds. The molecule has 2 N–H and O–H groups in total. The maximum absolute atomic E-state index is 12.1. The lowest BCUT2D eigenvalue weighted by atomic mass is 10.2. The third-order valence-corrected chi connectivity index (χ3v) is 3.01. The van der Waals surface area contributed by atoms with Gasteiger partial charge in [0, 0.05) is 25.6 Å². The zero-order chi connectivity index (χ0) is 14.7. The summed E-state index contributed by atoms with van der Waals surface area (Å²) in [7, 11) is 0. The second-order valence-corrected chi connectivity index (χ2v) is 4.98. The van der Waals surface area contributed by atoms with Crippen molar-refractivity contribution >= 4 is 12.0 Å². The molecule has 0 saturated heterocycles. The molecule has 0 fully saturated rings. The van der Waals surface area contributed by atoms with Crippen LogP contribution in [0.15, 0.2) is 0 Å². The van der Waals surface area contributed by atoms with Gasteiger partial charge in [-0.2, -0.15) is 0 Å². The van der Waals surface area contributed by atoms with Gasteiger partial charge >= 0.3 is 12.0 Å². The van der Waals surface area contributed by atoms with E-state index in [-0.39, 0.29) is 18.5 Å². The first kappa shape index (κ1) is 17.7. The van der Waals surface area contributed by atoms with Gasteiger partial charge in [-0.25, -0.2) is 4.79 Å². The standard InChI is InChI=1S/C14H28N2O3/c1-4-6-10-16(11-7-5-2)14(19)15-12(3)8-9-13(17)18/h12H,4-11H2,1-3H3,(H,15,19)(H,17,18). The summed E-state index contributed by atoms with van der Waals surface area (Å²) in [4.78, 5) is 24.4. The zero-order valence-electron chi connectivity index (χ0n) is 12.4. The summed E-state index contributed by atoms with van der Waals surface area (Å²) in [6.45, 7) is 7.59. The monoisotopic (exact) mass is 272 g/mol. The number of nitrogens with zero attached hydrogens (tertiary/aromatic N) is 1. The summed E-state index contributed by atoms with van der Waals surface area (Å²) in [6, 6.07) is -0.172. The predicted molar refractivity (Wildman–Crippen MR) is 76.3 cm³/mol. The van der Waals surface area contributed by atoms with E-state index in [2.05, 4.69) is 19.2 Å². The van der Waals surface area contributed by atoms with Crippen molar-refractivity contribution in [2.24, 2.45) is 0 Å². The zero-order valence-corrected chi connectivity index (χ0v) is 12.4. The summed E-state index contributed by atoms with van der Waals surface area (Å²) in [5.41, 5.74) is 0. The Kier molecular flexibility index (Phi) is 9.94. The molecule has 5 nitrogen and oxygen atoms in total. The number of hydrogen-bond acceptors (Lipinski definition) is 2. The molecule has 0 aromatic heterocycles. The summed E-state index contributed by atoms with van der Waals surface area (Å²) in [6.07, 6.45) is 4.68. The van der Waals surface area contributed by atoms with Gasteiger partial charge in [0.15, 0.2) is 0 Å². The lowest BCUT2D eigenvalue weighted by Gasteiger charge is -2.25. The molecule has 0 radical (unpaired) electrons. The van der Waals surface area contributed by atoms with Crippen LogP contribution >= 0.6 is 0 Å². The predicted octanol–water partition coefficient (Wildman–Crippen LogP) is 2.85. The van der Waals surface area contributed by atoms with Crippen molar-refractivity contribution < 1.29 is 14.7 Å². The number of nitrogens with one attached hydrogen (secondary N) is 1. The van der Waals surface area contributed by atoms with Crippen LogP contribution in [0.2, 0.25) is 0 Å². The smallest absolute Gasteiger partial charge is 0.317 e. The maximum atomic E-state index is 12.1. The Morgan fingerprint density at radius 3 is 2.11 bits per heavy atom. The summed E-state index contributed by atoms with van der Waals surface area (Å²) < 4.78 is 0. The minimum absolute atomic E-state index is 0.0696. The average Bonchev–Trinajstić information content (AvgIpc) is 2.36. The Labute approximate surface area is 116 Å². The third-order valence-electron chi connectivity index (χ3n) is 3.01. The van der Waals surface area contributed by atoms with Gasteiger partial charge in [0.1, 0.15) is 0 Å². The fraction of sp³-hybridized carbons (Fsp3) is 0.857. The lowest BCUT2D eigenvalue weighted by Crippen LogP contribution is -2.44. The van der Waals surface area contributed by atoms with Crippen LogP contribution in [0.4, 0.5) is 4.79 Å². The molecule has 19 heavy (non-hydrogen) atoms. The molecule has 0 heterocycles. The van der Waals surface area contributed by atoms with E-state index in [1.807, 2.05) is 11.8 Å². The second-order valence-electron chi connectivity index (χ2n) is 4.98. The van der Waals surface area contributed by atoms with E-state index in [0.717, 1.165) is 38.8 Å². The number of rotatable bonds is 10. The van der Waals surface area contributed by atoms with Crippen LogP contribution in [0.3, 0.4) is 0 Å². The van der Waals surface area contributed by atoms with E-state index in [0.29, 0.717) is 6.42 Å². The van der Waals surface area contributed by atoms with E-state index in [1.54, 1.807) is 0 Å². The van der Waals surface area contributed by atoms with Crippen LogP contribution in [0.1, 0.15) is 59.3 Å². The number of carboxylic acids is 1. The fourth-order valence-electron chi connectivity index (χ4n) is 1.73. The SMILES string of the molecule is CCCCN(CCCC)C(=O)NC(C)CCC(=O)O. The minimum atomic E-state index is -0.824. The minimum Gasteiger partial charge on any atom is -0.481 e. The highest BCUT2D eigenvalue weighted by atomic mass is 16.4. The number of carbonyl (C=O) groups is 2. The molecule has 1 atom stereocenters. The molecule has 0 bridgehead atoms. The van der Waals surface area contributed by atoms with E-state index in [4.69, 9.17) is 5.11 Å². The van der Waals surface area contributed by atoms with Gasteiger partial charge in [0.05, 0.1) is 0 Å².